The summed E-state index contributed by atoms with van der Waals surface area (Å²) in [6.45, 7) is 0.731. The summed E-state index contributed by atoms with van der Waals surface area (Å²) in [4.78, 5) is 25.3. The summed E-state index contributed by atoms with van der Waals surface area (Å²) in [5.41, 5.74) is 2.58. The molecule has 0 aliphatic heterocycles. The molecule has 0 bridgehead atoms. The van der Waals surface area contributed by atoms with Crippen LogP contribution in [0.1, 0.15) is 61.6 Å². The smallest absolute Gasteiger partial charge is 0.287 e. The van der Waals surface area contributed by atoms with Crippen LogP contribution in [-0.4, -0.2) is 32.0 Å². The van der Waals surface area contributed by atoms with Crippen molar-refractivity contribution in [2.24, 2.45) is 11.8 Å². The molecular formula is C21H24N6O. The molecule has 5 rings (SSSR count). The van der Waals surface area contributed by atoms with Crippen molar-refractivity contribution in [3.63, 3.8) is 0 Å². The van der Waals surface area contributed by atoms with Crippen molar-refractivity contribution < 1.29 is 4.79 Å². The highest BCUT2D eigenvalue weighted by molar-refractivity contribution is 6.04. The average molecular weight is 376 g/mol. The van der Waals surface area contributed by atoms with E-state index in [4.69, 9.17) is 10.2 Å². The number of carbonyl (C=O) groups excluding carboxylic acids is 1. The topological polar surface area (TPSA) is 99.4 Å². The number of hydrogen-bond acceptors (Lipinski definition) is 4. The lowest BCUT2D eigenvalue weighted by Gasteiger charge is -2.29. The second kappa shape index (κ2) is 6.93. The number of rotatable bonds is 5. The average Bonchev–Trinajstić information content (AvgIpc) is 3.27. The third kappa shape index (κ3) is 3.03. The number of fused-ring (bicyclic) bond motifs is 3. The highest BCUT2D eigenvalue weighted by Gasteiger charge is 2.30. The van der Waals surface area contributed by atoms with E-state index < -0.39 is 0 Å². The zero-order valence-corrected chi connectivity index (χ0v) is 15.8. The van der Waals surface area contributed by atoms with E-state index in [1.54, 1.807) is 6.20 Å². The predicted octanol–water partition coefficient (Wildman–Crippen LogP) is 3.70. The molecule has 3 aromatic rings. The lowest BCUT2D eigenvalue weighted by Crippen LogP contribution is -2.30. The van der Waals surface area contributed by atoms with Gasteiger partial charge < -0.3 is 14.9 Å². The Morgan fingerprint density at radius 3 is 2.79 bits per heavy atom. The van der Waals surface area contributed by atoms with Crippen molar-refractivity contribution in [1.29, 1.82) is 5.26 Å². The van der Waals surface area contributed by atoms with Crippen LogP contribution in [0.25, 0.3) is 22.1 Å². The molecule has 7 nitrogen and oxygen atoms in total. The Labute approximate surface area is 163 Å². The first-order valence-corrected chi connectivity index (χ1v) is 10.2. The fraction of sp³-hybridized carbons (Fsp3) is 0.524. The Balaban J connectivity index is 1.55. The van der Waals surface area contributed by atoms with Gasteiger partial charge in [0.15, 0.2) is 5.82 Å². The predicted molar refractivity (Wildman–Crippen MR) is 106 cm³/mol. The first kappa shape index (κ1) is 17.2. The maximum atomic E-state index is 13.0. The van der Waals surface area contributed by atoms with Gasteiger partial charge in [-0.15, -0.1) is 0 Å². The Morgan fingerprint density at radius 1 is 1.25 bits per heavy atom. The second-order valence-corrected chi connectivity index (χ2v) is 8.23. The molecule has 3 aromatic heterocycles. The summed E-state index contributed by atoms with van der Waals surface area (Å²) < 4.78 is 2.15. The number of carbonyl (C=O) groups is 1. The van der Waals surface area contributed by atoms with Gasteiger partial charge in [-0.1, -0.05) is 0 Å². The van der Waals surface area contributed by atoms with Crippen molar-refractivity contribution in [1.82, 2.24) is 24.8 Å². The first-order chi connectivity index (χ1) is 13.7. The molecule has 0 atom stereocenters. The molecule has 0 radical (unpaired) electrons. The maximum absolute atomic E-state index is 13.0. The first-order valence-electron chi connectivity index (χ1n) is 10.2. The van der Waals surface area contributed by atoms with Gasteiger partial charge >= 0.3 is 0 Å². The highest BCUT2D eigenvalue weighted by Crippen LogP contribution is 2.38. The summed E-state index contributed by atoms with van der Waals surface area (Å²) >= 11 is 0. The van der Waals surface area contributed by atoms with Crippen molar-refractivity contribution >= 4 is 28.0 Å². The van der Waals surface area contributed by atoms with Gasteiger partial charge in [-0.25, -0.2) is 9.97 Å². The van der Waals surface area contributed by atoms with Crippen LogP contribution >= 0.6 is 0 Å². The van der Waals surface area contributed by atoms with E-state index in [0.29, 0.717) is 24.1 Å². The van der Waals surface area contributed by atoms with Crippen LogP contribution < -0.4 is 5.32 Å². The van der Waals surface area contributed by atoms with E-state index in [0.717, 1.165) is 54.3 Å². The molecule has 2 saturated carbocycles. The maximum Gasteiger partial charge on any atom is 0.287 e. The number of aromatic nitrogens is 4. The van der Waals surface area contributed by atoms with Crippen molar-refractivity contribution in [3.8, 4) is 6.07 Å². The monoisotopic (exact) mass is 376 g/mol. The Hall–Kier alpha value is -2.88. The summed E-state index contributed by atoms with van der Waals surface area (Å²) in [5, 5.41) is 13.1. The fourth-order valence-corrected chi connectivity index (χ4v) is 4.48. The van der Waals surface area contributed by atoms with Gasteiger partial charge in [0.2, 0.25) is 0 Å². The van der Waals surface area contributed by atoms with E-state index in [1.807, 2.05) is 12.3 Å². The summed E-state index contributed by atoms with van der Waals surface area (Å²) in [6, 6.07) is 4.54. The molecule has 2 aliphatic rings. The second-order valence-electron chi connectivity index (χ2n) is 8.23. The summed E-state index contributed by atoms with van der Waals surface area (Å²) in [5.74, 6) is 1.50. The van der Waals surface area contributed by atoms with Crippen molar-refractivity contribution in [2.45, 2.75) is 51.0 Å². The third-order valence-corrected chi connectivity index (χ3v) is 6.25. The molecule has 28 heavy (non-hydrogen) atoms. The molecule has 0 unspecified atom stereocenters. The van der Waals surface area contributed by atoms with Gasteiger partial charge in [0.05, 0.1) is 17.8 Å². The molecule has 7 heteroatoms. The molecule has 0 spiro atoms. The largest absolute Gasteiger partial charge is 0.349 e. The van der Waals surface area contributed by atoms with Gasteiger partial charge in [-0.3, -0.25) is 4.79 Å². The Bertz CT molecular complexity index is 1060. The lowest BCUT2D eigenvalue weighted by molar-refractivity contribution is 0.0933. The number of amides is 1. The molecule has 144 valence electrons. The number of pyridine rings is 1. The minimum atomic E-state index is -0.0917. The van der Waals surface area contributed by atoms with Gasteiger partial charge in [-0.2, -0.15) is 5.26 Å². The number of aromatic amines is 1. The van der Waals surface area contributed by atoms with Crippen LogP contribution in [0, 0.1) is 23.2 Å². The number of nitrogens with zero attached hydrogens (tertiary/aromatic N) is 4. The van der Waals surface area contributed by atoms with Gasteiger partial charge in [0.1, 0.15) is 11.2 Å². The van der Waals surface area contributed by atoms with E-state index in [-0.39, 0.29) is 11.9 Å². The summed E-state index contributed by atoms with van der Waals surface area (Å²) in [6.07, 6.45) is 10.6. The molecule has 0 aromatic carbocycles. The number of imidazole rings is 1. The number of nitriles is 1. The highest BCUT2D eigenvalue weighted by atomic mass is 16.2. The lowest BCUT2D eigenvalue weighted by atomic mass is 9.84. The molecule has 2 N–H and O–H groups in total. The van der Waals surface area contributed by atoms with Crippen LogP contribution in [0.3, 0.4) is 0 Å². The van der Waals surface area contributed by atoms with E-state index in [2.05, 4.69) is 25.9 Å². The molecule has 1 amide bonds. The van der Waals surface area contributed by atoms with Gasteiger partial charge in [-0.05, 0) is 56.4 Å². The quantitative estimate of drug-likeness (QED) is 0.709. The number of hydrogen-bond donors (Lipinski definition) is 2. The van der Waals surface area contributed by atoms with Crippen molar-refractivity contribution in [3.05, 3.63) is 24.3 Å². The number of H-pyrrole nitrogens is 1. The Morgan fingerprint density at radius 2 is 2.04 bits per heavy atom. The zero-order valence-electron chi connectivity index (χ0n) is 15.8. The Kier molecular flexibility index (Phi) is 4.27. The van der Waals surface area contributed by atoms with Crippen molar-refractivity contribution in [2.75, 3.05) is 6.54 Å². The minimum Gasteiger partial charge on any atom is -0.349 e. The molecular weight excluding hydrogens is 352 g/mol. The standard InChI is InChI=1S/C21H24N6O/c22-9-7-13-3-5-15(6-4-13)27-18-16-8-10-23-19(16)24-12-17(18)26-20(27)21(28)25-11-14-1-2-14/h8,10,12-15H,1-7,11H2,(H,23,24)(H,25,28). The molecule has 2 fully saturated rings. The zero-order chi connectivity index (χ0) is 19.1. The van der Waals surface area contributed by atoms with Crippen LogP contribution in [-0.2, 0) is 0 Å². The van der Waals surface area contributed by atoms with Crippen LogP contribution in [0.4, 0.5) is 0 Å². The normalized spacial score (nSPS) is 22.4. The molecule has 0 saturated heterocycles. The van der Waals surface area contributed by atoms with Crippen LogP contribution in [0.2, 0.25) is 0 Å². The third-order valence-electron chi connectivity index (χ3n) is 6.25. The summed E-state index contributed by atoms with van der Waals surface area (Å²) in [7, 11) is 0. The van der Waals surface area contributed by atoms with Gasteiger partial charge in [0.25, 0.3) is 5.91 Å². The van der Waals surface area contributed by atoms with Gasteiger partial charge in [0, 0.05) is 30.6 Å². The SMILES string of the molecule is N#CCC1CCC(n2c(C(=O)NCC3CC3)nc3cnc4[nH]ccc4c32)CC1. The molecule has 3 heterocycles. The number of nitrogens with one attached hydrogen (secondary N) is 2. The van der Waals surface area contributed by atoms with Crippen LogP contribution in [0.15, 0.2) is 18.5 Å². The minimum absolute atomic E-state index is 0.0917. The van der Waals surface area contributed by atoms with Crippen LogP contribution in [0.5, 0.6) is 0 Å². The van der Waals surface area contributed by atoms with E-state index in [9.17, 15) is 4.79 Å². The van der Waals surface area contributed by atoms with E-state index >= 15 is 0 Å². The fourth-order valence-electron chi connectivity index (χ4n) is 4.48. The van der Waals surface area contributed by atoms with E-state index in [1.165, 1.54) is 12.8 Å². The molecule has 2 aliphatic carbocycles.